The van der Waals surface area contributed by atoms with Gasteiger partial charge in [0.25, 0.3) is 5.91 Å². The van der Waals surface area contributed by atoms with Crippen molar-refractivity contribution in [3.8, 4) is 0 Å². The highest BCUT2D eigenvalue weighted by Crippen LogP contribution is 2.65. The van der Waals surface area contributed by atoms with Crippen molar-refractivity contribution in [2.24, 2.45) is 40.2 Å². The van der Waals surface area contributed by atoms with E-state index in [1.54, 1.807) is 25.7 Å². The van der Waals surface area contributed by atoms with Crippen LogP contribution in [0.5, 0.6) is 0 Å². The molecule has 3 amide bonds. The summed E-state index contributed by atoms with van der Waals surface area (Å²) in [7, 11) is 0. The van der Waals surface area contributed by atoms with Gasteiger partial charge < -0.3 is 20.7 Å². The van der Waals surface area contributed by atoms with Crippen LogP contribution < -0.4 is 11.1 Å². The molecule has 0 aromatic heterocycles. The van der Waals surface area contributed by atoms with E-state index in [2.05, 4.69) is 19.2 Å². The summed E-state index contributed by atoms with van der Waals surface area (Å²) in [5.41, 5.74) is 3.81. The SMILES string of the molecule is CC(C)(C)OC(=O)NC(C(=O)N1CC2[C@@H](C1C(=O)CC(CC1CC1)C(=O)C(N)=O)C2(C)C)C(C)(C)C. The van der Waals surface area contributed by atoms with Crippen LogP contribution in [0.1, 0.15) is 81.1 Å². The molecule has 0 spiro atoms. The number of nitrogens with zero attached hydrogens (tertiary/aromatic N) is 1. The lowest BCUT2D eigenvalue weighted by Crippen LogP contribution is -2.58. The molecule has 9 nitrogen and oxygen atoms in total. The molecule has 4 unspecified atom stereocenters. The summed E-state index contributed by atoms with van der Waals surface area (Å²) < 4.78 is 5.39. The van der Waals surface area contributed by atoms with E-state index in [1.807, 2.05) is 20.8 Å². The molecular weight excluding hydrogens is 462 g/mol. The fraction of sp³-hybridized carbons (Fsp3) is 0.815. The third kappa shape index (κ3) is 6.09. The third-order valence-electron chi connectivity index (χ3n) is 7.97. The van der Waals surface area contributed by atoms with E-state index < -0.39 is 46.8 Å². The summed E-state index contributed by atoms with van der Waals surface area (Å²) in [6, 6.07) is -1.61. The molecule has 0 radical (unpaired) electrons. The lowest BCUT2D eigenvalue weighted by molar-refractivity contribution is -0.144. The van der Waals surface area contributed by atoms with Crippen LogP contribution in [0, 0.1) is 34.5 Å². The van der Waals surface area contributed by atoms with Crippen LogP contribution in [-0.4, -0.2) is 58.6 Å². The van der Waals surface area contributed by atoms with Crippen molar-refractivity contribution in [2.45, 2.75) is 98.8 Å². The Morgan fingerprint density at radius 2 is 1.64 bits per heavy atom. The fourth-order valence-electron chi connectivity index (χ4n) is 5.73. The number of fused-ring (bicyclic) bond motifs is 1. The van der Waals surface area contributed by atoms with Crippen LogP contribution in [0.25, 0.3) is 0 Å². The predicted octanol–water partition coefficient (Wildman–Crippen LogP) is 2.84. The molecular formula is C27H43N3O6. The van der Waals surface area contributed by atoms with Crippen molar-refractivity contribution in [1.82, 2.24) is 10.2 Å². The number of nitrogens with one attached hydrogen (secondary N) is 1. The highest BCUT2D eigenvalue weighted by atomic mass is 16.6. The first kappa shape index (κ1) is 28.1. The second kappa shape index (κ2) is 9.45. The topological polar surface area (TPSA) is 136 Å². The van der Waals surface area contributed by atoms with Gasteiger partial charge in [0.1, 0.15) is 11.6 Å². The first-order valence-electron chi connectivity index (χ1n) is 13.0. The van der Waals surface area contributed by atoms with Crippen molar-refractivity contribution in [3.63, 3.8) is 0 Å². The molecule has 0 bridgehead atoms. The highest BCUT2D eigenvalue weighted by molar-refractivity contribution is 6.36. The zero-order valence-corrected chi connectivity index (χ0v) is 23.0. The second-order valence-corrected chi connectivity index (χ2v) is 13.6. The Hall–Kier alpha value is -2.45. The van der Waals surface area contributed by atoms with Gasteiger partial charge in [0, 0.05) is 18.9 Å². The lowest BCUT2D eigenvalue weighted by Gasteiger charge is -2.38. The average molecular weight is 506 g/mol. The number of ether oxygens (including phenoxy) is 1. The van der Waals surface area contributed by atoms with Gasteiger partial charge in [-0.25, -0.2) is 4.79 Å². The molecule has 2 aliphatic carbocycles. The number of primary amides is 1. The number of hydrogen-bond donors (Lipinski definition) is 2. The summed E-state index contributed by atoms with van der Waals surface area (Å²) >= 11 is 0. The maximum Gasteiger partial charge on any atom is 0.408 e. The zero-order chi connectivity index (χ0) is 27.4. The third-order valence-corrected chi connectivity index (χ3v) is 7.97. The summed E-state index contributed by atoms with van der Waals surface area (Å²) in [5, 5.41) is 2.73. The van der Waals surface area contributed by atoms with E-state index in [4.69, 9.17) is 10.5 Å². The maximum absolute atomic E-state index is 13.9. The van der Waals surface area contributed by atoms with E-state index >= 15 is 0 Å². The van der Waals surface area contributed by atoms with E-state index in [0.717, 1.165) is 12.8 Å². The Bertz CT molecular complexity index is 940. The number of carbonyl (C=O) groups excluding carboxylic acids is 5. The quantitative estimate of drug-likeness (QED) is 0.463. The molecule has 0 aromatic rings. The Morgan fingerprint density at radius 1 is 1.06 bits per heavy atom. The van der Waals surface area contributed by atoms with E-state index in [0.29, 0.717) is 18.9 Å². The van der Waals surface area contributed by atoms with Gasteiger partial charge in [0.05, 0.1) is 6.04 Å². The Labute approximate surface area is 214 Å². The number of alkyl carbamates (subject to hydrolysis) is 1. The smallest absolute Gasteiger partial charge is 0.408 e. The Balaban J connectivity index is 1.83. The summed E-state index contributed by atoms with van der Waals surface area (Å²) in [6.07, 6.45) is 1.63. The first-order chi connectivity index (χ1) is 16.3. The molecule has 202 valence electrons. The van der Waals surface area contributed by atoms with Gasteiger partial charge in [-0.1, -0.05) is 47.5 Å². The molecule has 9 heteroatoms. The molecule has 3 fully saturated rings. The molecule has 5 atom stereocenters. The van der Waals surface area contributed by atoms with Crippen molar-refractivity contribution < 1.29 is 28.7 Å². The summed E-state index contributed by atoms with van der Waals surface area (Å²) in [4.78, 5) is 65.8. The number of ketones is 2. The number of carbonyl (C=O) groups is 5. The van der Waals surface area contributed by atoms with Gasteiger partial charge in [-0.3, -0.25) is 19.2 Å². The number of likely N-dealkylation sites (tertiary alicyclic amines) is 1. The van der Waals surface area contributed by atoms with Crippen LogP contribution in [-0.2, 0) is 23.9 Å². The standard InChI is InChI=1S/C27H43N3O6/c1-25(2,3)21(29-24(35)36-26(4,5)6)23(34)30-13-16-18(27(16,7)8)19(30)17(31)12-15(11-14-9-10-14)20(32)22(28)33/h14-16,18-19,21H,9-13H2,1-8H3,(H2,28,33)(H,29,35)/t15?,16?,18-,19?,21?/m0/s1. The molecule has 1 aliphatic heterocycles. The van der Waals surface area contributed by atoms with Crippen LogP contribution in [0.15, 0.2) is 0 Å². The zero-order valence-electron chi connectivity index (χ0n) is 23.0. The molecule has 1 heterocycles. The Kier molecular flexibility index (Phi) is 7.38. The van der Waals surface area contributed by atoms with Crippen molar-refractivity contribution >= 4 is 29.5 Å². The van der Waals surface area contributed by atoms with Gasteiger partial charge in [0.15, 0.2) is 5.78 Å². The maximum atomic E-state index is 13.9. The van der Waals surface area contributed by atoms with E-state index in [1.165, 1.54) is 0 Å². The van der Waals surface area contributed by atoms with Crippen molar-refractivity contribution in [3.05, 3.63) is 0 Å². The minimum absolute atomic E-state index is 0.0265. The fourth-order valence-corrected chi connectivity index (χ4v) is 5.73. The van der Waals surface area contributed by atoms with Crippen LogP contribution in [0.3, 0.4) is 0 Å². The molecule has 1 saturated heterocycles. The first-order valence-corrected chi connectivity index (χ1v) is 13.0. The van der Waals surface area contributed by atoms with Crippen LogP contribution in [0.2, 0.25) is 0 Å². The van der Waals surface area contributed by atoms with Crippen LogP contribution in [0.4, 0.5) is 4.79 Å². The number of hydrogen-bond acceptors (Lipinski definition) is 6. The highest BCUT2D eigenvalue weighted by Gasteiger charge is 2.69. The van der Waals surface area contributed by atoms with Crippen molar-refractivity contribution in [1.29, 1.82) is 0 Å². The second-order valence-electron chi connectivity index (χ2n) is 13.6. The summed E-state index contributed by atoms with van der Waals surface area (Å²) in [6.45, 7) is 15.4. The van der Waals surface area contributed by atoms with E-state index in [-0.39, 0.29) is 35.4 Å². The molecule has 0 aromatic carbocycles. The molecule has 3 N–H and O–H groups in total. The number of nitrogens with two attached hydrogens (primary N) is 1. The number of rotatable bonds is 9. The normalized spacial score (nSPS) is 26.4. The minimum Gasteiger partial charge on any atom is -0.444 e. The average Bonchev–Trinajstić information content (AvgIpc) is 3.55. The largest absolute Gasteiger partial charge is 0.444 e. The number of amides is 3. The van der Waals surface area contributed by atoms with Gasteiger partial charge in [0.2, 0.25) is 11.7 Å². The van der Waals surface area contributed by atoms with Gasteiger partial charge in [-0.05, 0) is 55.8 Å². The van der Waals surface area contributed by atoms with Gasteiger partial charge in [-0.15, -0.1) is 0 Å². The van der Waals surface area contributed by atoms with Gasteiger partial charge >= 0.3 is 6.09 Å². The molecule has 36 heavy (non-hydrogen) atoms. The van der Waals surface area contributed by atoms with Crippen LogP contribution >= 0.6 is 0 Å². The van der Waals surface area contributed by atoms with Crippen molar-refractivity contribution in [2.75, 3.05) is 6.54 Å². The summed E-state index contributed by atoms with van der Waals surface area (Å²) in [5.74, 6) is -2.57. The van der Waals surface area contributed by atoms with E-state index in [9.17, 15) is 24.0 Å². The molecule has 3 aliphatic rings. The Morgan fingerprint density at radius 3 is 2.11 bits per heavy atom. The molecule has 3 rings (SSSR count). The predicted molar refractivity (Wildman–Crippen MR) is 134 cm³/mol. The number of Topliss-reactive ketones (excluding diaryl/α,β-unsaturated/α-hetero) is 2. The lowest BCUT2D eigenvalue weighted by atomic mass is 9.84. The minimum atomic E-state index is -1.02. The van der Waals surface area contributed by atoms with Gasteiger partial charge in [-0.2, -0.15) is 0 Å². The molecule has 2 saturated carbocycles. The number of piperidine rings is 1. The monoisotopic (exact) mass is 505 g/mol.